The molecule has 0 aliphatic rings. The highest BCUT2D eigenvalue weighted by Gasteiger charge is 2.05. The largest absolute Gasteiger partial charge is 0.491 e. The second-order valence-electron chi connectivity index (χ2n) is 3.27. The third-order valence-corrected chi connectivity index (χ3v) is 2.09. The predicted octanol–water partition coefficient (Wildman–Crippen LogP) is 1.27. The Kier molecular flexibility index (Phi) is 3.29. The zero-order valence-electron chi connectivity index (χ0n) is 8.89. The van der Waals surface area contributed by atoms with Crippen molar-refractivity contribution in [1.29, 1.82) is 0 Å². The number of nitro groups is 1. The number of hydrogen-bond donors (Lipinski definition) is 0. The molecule has 1 aromatic heterocycles. The molecule has 0 atom stereocenters. The summed E-state index contributed by atoms with van der Waals surface area (Å²) in [5, 5.41) is 18.0. The van der Waals surface area contributed by atoms with Crippen molar-refractivity contribution in [2.45, 2.75) is 6.54 Å². The van der Waals surface area contributed by atoms with Crippen LogP contribution in [0.25, 0.3) is 0 Å². The molecule has 0 fully saturated rings. The summed E-state index contributed by atoms with van der Waals surface area (Å²) in [6, 6.07) is 6.07. The smallest absolute Gasteiger partial charge is 0.273 e. The predicted molar refractivity (Wildman–Crippen MR) is 58.6 cm³/mol. The van der Waals surface area contributed by atoms with Gasteiger partial charge >= 0.3 is 0 Å². The van der Waals surface area contributed by atoms with Crippen LogP contribution in [-0.4, -0.2) is 26.5 Å². The van der Waals surface area contributed by atoms with Crippen molar-refractivity contribution in [3.8, 4) is 5.75 Å². The Hall–Kier alpha value is -2.44. The fraction of sp³-hybridized carbons (Fsp3) is 0.200. The number of benzene rings is 1. The SMILES string of the molecule is O=[N+]([O-])c1cccc(OCCn2ccnn2)c1. The normalized spacial score (nSPS) is 10.1. The summed E-state index contributed by atoms with van der Waals surface area (Å²) in [5.74, 6) is 0.472. The third-order valence-electron chi connectivity index (χ3n) is 2.09. The Labute approximate surface area is 96.8 Å². The van der Waals surface area contributed by atoms with Crippen molar-refractivity contribution in [3.63, 3.8) is 0 Å². The fourth-order valence-corrected chi connectivity index (χ4v) is 1.30. The van der Waals surface area contributed by atoms with E-state index in [1.165, 1.54) is 12.1 Å². The van der Waals surface area contributed by atoms with Crippen LogP contribution in [0.4, 0.5) is 5.69 Å². The molecule has 17 heavy (non-hydrogen) atoms. The zero-order chi connectivity index (χ0) is 12.1. The van der Waals surface area contributed by atoms with Crippen LogP contribution in [0.5, 0.6) is 5.75 Å². The molecule has 7 nitrogen and oxygen atoms in total. The molecule has 0 aliphatic carbocycles. The molecule has 0 aliphatic heterocycles. The average Bonchev–Trinajstić information content (AvgIpc) is 2.82. The minimum absolute atomic E-state index is 0.0169. The molecule has 0 N–H and O–H groups in total. The van der Waals surface area contributed by atoms with E-state index in [9.17, 15) is 10.1 Å². The van der Waals surface area contributed by atoms with Crippen LogP contribution in [-0.2, 0) is 6.54 Å². The van der Waals surface area contributed by atoms with Crippen LogP contribution in [0, 0.1) is 10.1 Å². The van der Waals surface area contributed by atoms with Gasteiger partial charge in [0.25, 0.3) is 5.69 Å². The van der Waals surface area contributed by atoms with E-state index < -0.39 is 4.92 Å². The molecule has 2 rings (SSSR count). The molecule has 2 aromatic rings. The van der Waals surface area contributed by atoms with E-state index in [0.29, 0.717) is 18.9 Å². The van der Waals surface area contributed by atoms with Crippen LogP contribution in [0.1, 0.15) is 0 Å². The van der Waals surface area contributed by atoms with Crippen LogP contribution < -0.4 is 4.74 Å². The Morgan fingerprint density at radius 3 is 3.06 bits per heavy atom. The standard InChI is InChI=1S/C10H10N4O3/c15-14(16)9-2-1-3-10(8-9)17-7-6-13-5-4-11-12-13/h1-5,8H,6-7H2. The lowest BCUT2D eigenvalue weighted by Gasteiger charge is -2.05. The maximum absolute atomic E-state index is 10.5. The molecular formula is C10H10N4O3. The molecule has 0 saturated heterocycles. The summed E-state index contributed by atoms with van der Waals surface area (Å²) in [6.45, 7) is 0.924. The molecule has 0 unspecified atom stereocenters. The van der Waals surface area contributed by atoms with Gasteiger partial charge in [-0.15, -0.1) is 5.10 Å². The summed E-state index contributed by atoms with van der Waals surface area (Å²) in [6.07, 6.45) is 3.30. The first-order valence-corrected chi connectivity index (χ1v) is 4.97. The number of aromatic nitrogens is 3. The van der Waals surface area contributed by atoms with Crippen LogP contribution in [0.15, 0.2) is 36.7 Å². The highest BCUT2D eigenvalue weighted by atomic mass is 16.6. The minimum Gasteiger partial charge on any atom is -0.491 e. The van der Waals surface area contributed by atoms with E-state index in [0.717, 1.165) is 0 Å². The van der Waals surface area contributed by atoms with Gasteiger partial charge in [-0.25, -0.2) is 4.68 Å². The summed E-state index contributed by atoms with van der Waals surface area (Å²) in [5.41, 5.74) is 0.0169. The quantitative estimate of drug-likeness (QED) is 0.574. The molecule has 0 saturated carbocycles. The highest BCUT2D eigenvalue weighted by Crippen LogP contribution is 2.18. The first-order chi connectivity index (χ1) is 8.25. The highest BCUT2D eigenvalue weighted by molar-refractivity contribution is 5.37. The number of rotatable bonds is 5. The Balaban J connectivity index is 1.90. The number of non-ortho nitro benzene ring substituents is 1. The van der Waals surface area contributed by atoms with Crippen molar-refractivity contribution in [2.75, 3.05) is 6.61 Å². The minimum atomic E-state index is -0.454. The summed E-state index contributed by atoms with van der Waals surface area (Å²) in [4.78, 5) is 10.1. The molecule has 0 spiro atoms. The van der Waals surface area contributed by atoms with E-state index in [4.69, 9.17) is 4.74 Å². The maximum Gasteiger partial charge on any atom is 0.273 e. The second kappa shape index (κ2) is 5.06. The maximum atomic E-state index is 10.5. The molecule has 0 bridgehead atoms. The van der Waals surface area contributed by atoms with Gasteiger partial charge in [0.15, 0.2) is 0 Å². The van der Waals surface area contributed by atoms with Gasteiger partial charge in [0.05, 0.1) is 23.7 Å². The van der Waals surface area contributed by atoms with Crippen molar-refractivity contribution >= 4 is 5.69 Å². The zero-order valence-corrected chi connectivity index (χ0v) is 8.89. The first kappa shape index (κ1) is 11.1. The van der Waals surface area contributed by atoms with Gasteiger partial charge in [-0.3, -0.25) is 10.1 Å². The second-order valence-corrected chi connectivity index (χ2v) is 3.27. The van der Waals surface area contributed by atoms with E-state index >= 15 is 0 Å². The lowest BCUT2D eigenvalue weighted by atomic mass is 10.3. The monoisotopic (exact) mass is 234 g/mol. The molecular weight excluding hydrogens is 224 g/mol. The fourth-order valence-electron chi connectivity index (χ4n) is 1.30. The van der Waals surface area contributed by atoms with Crippen molar-refractivity contribution in [2.24, 2.45) is 0 Å². The molecule has 0 amide bonds. The Morgan fingerprint density at radius 2 is 2.35 bits per heavy atom. The number of hydrogen-bond acceptors (Lipinski definition) is 5. The topological polar surface area (TPSA) is 83.1 Å². The van der Waals surface area contributed by atoms with E-state index in [-0.39, 0.29) is 5.69 Å². The summed E-state index contributed by atoms with van der Waals surface area (Å²) >= 11 is 0. The van der Waals surface area contributed by atoms with Gasteiger partial charge in [0, 0.05) is 12.3 Å². The van der Waals surface area contributed by atoms with Gasteiger partial charge in [-0.05, 0) is 6.07 Å². The van der Waals surface area contributed by atoms with Crippen LogP contribution in [0.2, 0.25) is 0 Å². The van der Waals surface area contributed by atoms with Gasteiger partial charge in [0.2, 0.25) is 0 Å². The van der Waals surface area contributed by atoms with Gasteiger partial charge in [0.1, 0.15) is 12.4 Å². The van der Waals surface area contributed by atoms with Crippen molar-refractivity contribution in [3.05, 3.63) is 46.8 Å². The first-order valence-electron chi connectivity index (χ1n) is 4.97. The van der Waals surface area contributed by atoms with Gasteiger partial charge < -0.3 is 4.74 Å². The Bertz CT molecular complexity index is 498. The number of ether oxygens (including phenoxy) is 1. The van der Waals surface area contributed by atoms with Crippen molar-refractivity contribution in [1.82, 2.24) is 15.0 Å². The van der Waals surface area contributed by atoms with Crippen LogP contribution >= 0.6 is 0 Å². The molecule has 1 aromatic carbocycles. The summed E-state index contributed by atoms with van der Waals surface area (Å²) < 4.78 is 7.00. The third kappa shape index (κ3) is 3.00. The van der Waals surface area contributed by atoms with E-state index in [2.05, 4.69) is 10.3 Å². The molecule has 88 valence electrons. The summed E-state index contributed by atoms with van der Waals surface area (Å²) in [7, 11) is 0. The van der Waals surface area contributed by atoms with Crippen molar-refractivity contribution < 1.29 is 9.66 Å². The number of nitro benzene ring substituents is 1. The van der Waals surface area contributed by atoms with Gasteiger partial charge in [-0.1, -0.05) is 11.3 Å². The molecule has 1 heterocycles. The lowest BCUT2D eigenvalue weighted by Crippen LogP contribution is -2.08. The van der Waals surface area contributed by atoms with Crippen LogP contribution in [0.3, 0.4) is 0 Å². The van der Waals surface area contributed by atoms with E-state index in [1.54, 1.807) is 29.2 Å². The molecule has 0 radical (unpaired) electrons. The average molecular weight is 234 g/mol. The van der Waals surface area contributed by atoms with Gasteiger partial charge in [-0.2, -0.15) is 0 Å². The molecule has 7 heteroatoms. The lowest BCUT2D eigenvalue weighted by molar-refractivity contribution is -0.384. The van der Waals surface area contributed by atoms with E-state index in [1.807, 2.05) is 0 Å². The number of nitrogens with zero attached hydrogens (tertiary/aromatic N) is 4. The Morgan fingerprint density at radius 1 is 1.47 bits per heavy atom.